The van der Waals surface area contributed by atoms with Crippen molar-refractivity contribution in [3.63, 3.8) is 0 Å². The van der Waals surface area contributed by atoms with E-state index in [0.29, 0.717) is 22.0 Å². The number of ether oxygens (including phenoxy) is 1. The van der Waals surface area contributed by atoms with Crippen LogP contribution in [0.3, 0.4) is 0 Å². The van der Waals surface area contributed by atoms with Crippen LogP contribution in [0.5, 0.6) is 5.75 Å². The predicted molar refractivity (Wildman–Crippen MR) is 109 cm³/mol. The number of amides is 1. The first-order valence-electron chi connectivity index (χ1n) is 8.79. The monoisotopic (exact) mass is 408 g/mol. The number of rotatable bonds is 7. The Morgan fingerprint density at radius 3 is 2.66 bits per heavy atom. The van der Waals surface area contributed by atoms with Gasteiger partial charge < -0.3 is 10.1 Å². The van der Waals surface area contributed by atoms with Gasteiger partial charge >= 0.3 is 0 Å². The Balaban J connectivity index is 1.55. The van der Waals surface area contributed by atoms with Crippen LogP contribution in [-0.4, -0.2) is 28.8 Å². The molecule has 0 atom stereocenters. The van der Waals surface area contributed by atoms with Gasteiger partial charge in [0.1, 0.15) is 11.8 Å². The van der Waals surface area contributed by atoms with E-state index in [9.17, 15) is 9.59 Å². The van der Waals surface area contributed by atoms with Gasteiger partial charge in [-0.2, -0.15) is 10.4 Å². The van der Waals surface area contributed by atoms with Crippen molar-refractivity contribution in [1.29, 1.82) is 5.26 Å². The van der Waals surface area contributed by atoms with Gasteiger partial charge in [-0.15, -0.1) is 0 Å². The number of nitrogens with one attached hydrogen (secondary N) is 1. The third-order valence-electron chi connectivity index (χ3n) is 4.02. The van der Waals surface area contributed by atoms with Gasteiger partial charge in [0, 0.05) is 23.2 Å². The Morgan fingerprint density at radius 2 is 1.90 bits per heavy atom. The van der Waals surface area contributed by atoms with Crippen molar-refractivity contribution in [2.45, 2.75) is 6.54 Å². The number of para-hydroxylation sites is 1. The lowest BCUT2D eigenvalue weighted by molar-refractivity contribution is -0.123. The minimum atomic E-state index is -0.361. The quantitative estimate of drug-likeness (QED) is 0.648. The standard InChI is InChI=1S/C21H17ClN4O3/c22-17-7-5-15(6-8-17)18-9-10-21(28)26(25-18)12-11-24-20(27)14-29-19-4-2-1-3-16(19)13-23/h1-10H,11-12,14H2,(H,24,27). The summed E-state index contributed by atoms with van der Waals surface area (Å²) in [5, 5.41) is 16.6. The molecule has 0 saturated heterocycles. The molecule has 0 radical (unpaired) electrons. The van der Waals surface area contributed by atoms with Crippen LogP contribution in [-0.2, 0) is 11.3 Å². The third kappa shape index (κ3) is 5.43. The molecule has 8 heteroatoms. The first kappa shape index (κ1) is 20.1. The maximum absolute atomic E-state index is 12.0. The average molecular weight is 409 g/mol. The number of aromatic nitrogens is 2. The van der Waals surface area contributed by atoms with E-state index < -0.39 is 0 Å². The molecule has 3 aromatic rings. The van der Waals surface area contributed by atoms with Crippen molar-refractivity contribution in [2.75, 3.05) is 13.2 Å². The number of nitrogens with zero attached hydrogens (tertiary/aromatic N) is 3. The Kier molecular flexibility index (Phi) is 6.61. The number of hydrogen-bond acceptors (Lipinski definition) is 5. The normalized spacial score (nSPS) is 10.2. The van der Waals surface area contributed by atoms with Crippen LogP contribution in [0.4, 0.5) is 0 Å². The van der Waals surface area contributed by atoms with Crippen LogP contribution in [0.2, 0.25) is 5.02 Å². The number of carbonyl (C=O) groups excluding carboxylic acids is 1. The molecule has 0 bridgehead atoms. The third-order valence-corrected chi connectivity index (χ3v) is 4.27. The average Bonchev–Trinajstić information content (AvgIpc) is 2.74. The van der Waals surface area contributed by atoms with Crippen LogP contribution >= 0.6 is 11.6 Å². The van der Waals surface area contributed by atoms with E-state index in [0.717, 1.165) is 5.56 Å². The fourth-order valence-electron chi connectivity index (χ4n) is 2.56. The highest BCUT2D eigenvalue weighted by Crippen LogP contribution is 2.18. The minimum Gasteiger partial charge on any atom is -0.482 e. The van der Waals surface area contributed by atoms with Crippen LogP contribution in [0.1, 0.15) is 5.56 Å². The van der Waals surface area contributed by atoms with Crippen LogP contribution in [0.25, 0.3) is 11.3 Å². The summed E-state index contributed by atoms with van der Waals surface area (Å²) in [7, 11) is 0. The number of halogens is 1. The van der Waals surface area contributed by atoms with Crippen molar-refractivity contribution >= 4 is 17.5 Å². The van der Waals surface area contributed by atoms with Gasteiger partial charge in [-0.05, 0) is 30.3 Å². The minimum absolute atomic E-state index is 0.207. The summed E-state index contributed by atoms with van der Waals surface area (Å²) in [6, 6.07) is 18.9. The van der Waals surface area contributed by atoms with Gasteiger partial charge in [-0.1, -0.05) is 35.9 Å². The molecule has 0 aliphatic heterocycles. The van der Waals surface area contributed by atoms with Crippen molar-refractivity contribution in [1.82, 2.24) is 15.1 Å². The molecule has 3 rings (SSSR count). The fraction of sp³-hybridized carbons (Fsp3) is 0.143. The summed E-state index contributed by atoms with van der Waals surface area (Å²) in [5.74, 6) is -0.0154. The summed E-state index contributed by atoms with van der Waals surface area (Å²) in [6.45, 7) is 0.186. The van der Waals surface area contributed by atoms with Gasteiger partial charge in [0.25, 0.3) is 11.5 Å². The van der Waals surface area contributed by atoms with Crippen molar-refractivity contribution < 1.29 is 9.53 Å². The molecule has 29 heavy (non-hydrogen) atoms. The molecule has 0 aliphatic rings. The molecule has 0 spiro atoms. The molecule has 1 N–H and O–H groups in total. The first-order valence-corrected chi connectivity index (χ1v) is 9.17. The lowest BCUT2D eigenvalue weighted by Gasteiger charge is -2.10. The zero-order chi connectivity index (χ0) is 20.6. The molecule has 1 aromatic heterocycles. The van der Waals surface area contributed by atoms with Crippen molar-refractivity contribution in [3.05, 3.63) is 81.6 Å². The van der Waals surface area contributed by atoms with E-state index in [-0.39, 0.29) is 31.2 Å². The van der Waals surface area contributed by atoms with Crippen molar-refractivity contribution in [2.24, 2.45) is 0 Å². The fourth-order valence-corrected chi connectivity index (χ4v) is 2.69. The zero-order valence-electron chi connectivity index (χ0n) is 15.3. The second-order valence-corrected chi connectivity index (χ2v) is 6.47. The molecule has 0 fully saturated rings. The molecule has 1 amide bonds. The highest BCUT2D eigenvalue weighted by atomic mass is 35.5. The number of benzene rings is 2. The Labute approximate surface area is 172 Å². The van der Waals surface area contributed by atoms with Crippen LogP contribution in [0, 0.1) is 11.3 Å². The van der Waals surface area contributed by atoms with E-state index >= 15 is 0 Å². The highest BCUT2D eigenvalue weighted by molar-refractivity contribution is 6.30. The van der Waals surface area contributed by atoms with E-state index in [1.165, 1.54) is 10.7 Å². The largest absolute Gasteiger partial charge is 0.482 e. The van der Waals surface area contributed by atoms with E-state index in [1.54, 1.807) is 42.5 Å². The van der Waals surface area contributed by atoms with Gasteiger partial charge in [0.2, 0.25) is 0 Å². The first-order chi connectivity index (χ1) is 14.1. The summed E-state index contributed by atoms with van der Waals surface area (Å²) in [4.78, 5) is 24.0. The van der Waals surface area contributed by atoms with Gasteiger partial charge in [0.05, 0.1) is 17.8 Å². The molecule has 0 aliphatic carbocycles. The molecular weight excluding hydrogens is 392 g/mol. The summed E-state index contributed by atoms with van der Waals surface area (Å²) >= 11 is 5.89. The van der Waals surface area contributed by atoms with Crippen LogP contribution < -0.4 is 15.6 Å². The van der Waals surface area contributed by atoms with Gasteiger partial charge in [-0.25, -0.2) is 4.68 Å². The summed E-state index contributed by atoms with van der Waals surface area (Å²) in [5.41, 5.74) is 1.55. The maximum atomic E-state index is 12.0. The molecule has 7 nitrogen and oxygen atoms in total. The second kappa shape index (κ2) is 9.53. The maximum Gasteiger partial charge on any atom is 0.266 e. The number of carbonyl (C=O) groups is 1. The smallest absolute Gasteiger partial charge is 0.266 e. The lowest BCUT2D eigenvalue weighted by atomic mass is 10.1. The molecule has 146 valence electrons. The highest BCUT2D eigenvalue weighted by Gasteiger charge is 2.07. The van der Waals surface area contributed by atoms with E-state index in [2.05, 4.69) is 10.4 Å². The van der Waals surface area contributed by atoms with Crippen LogP contribution in [0.15, 0.2) is 65.5 Å². The lowest BCUT2D eigenvalue weighted by Crippen LogP contribution is -2.34. The molecule has 1 heterocycles. The van der Waals surface area contributed by atoms with E-state index in [4.69, 9.17) is 21.6 Å². The van der Waals surface area contributed by atoms with Crippen molar-refractivity contribution in [3.8, 4) is 23.1 Å². The summed E-state index contributed by atoms with van der Waals surface area (Å²) < 4.78 is 6.66. The summed E-state index contributed by atoms with van der Waals surface area (Å²) in [6.07, 6.45) is 0. The predicted octanol–water partition coefficient (Wildman–Crippen LogP) is 2.63. The zero-order valence-corrected chi connectivity index (χ0v) is 16.1. The van der Waals surface area contributed by atoms with E-state index in [1.807, 2.05) is 18.2 Å². The topological polar surface area (TPSA) is 97.0 Å². The SMILES string of the molecule is N#Cc1ccccc1OCC(=O)NCCn1nc(-c2ccc(Cl)cc2)ccc1=O. The molecule has 0 saturated carbocycles. The van der Waals surface area contributed by atoms with Gasteiger partial charge in [0.15, 0.2) is 6.61 Å². The second-order valence-electron chi connectivity index (χ2n) is 6.03. The number of nitriles is 1. The Morgan fingerprint density at radius 1 is 1.14 bits per heavy atom. The van der Waals surface area contributed by atoms with Gasteiger partial charge in [-0.3, -0.25) is 9.59 Å². The Bertz CT molecular complexity index is 1100. The molecule has 2 aromatic carbocycles. The Hall–Kier alpha value is -3.63. The molecular formula is C21H17ClN4O3. The number of hydrogen-bond donors (Lipinski definition) is 1. The molecule has 0 unspecified atom stereocenters.